The average molecular weight is 167 g/mol. The van der Waals surface area contributed by atoms with E-state index >= 15 is 0 Å². The number of rotatable bonds is 7. The van der Waals surface area contributed by atoms with Gasteiger partial charge in [0.2, 0.25) is 0 Å². The van der Waals surface area contributed by atoms with Gasteiger partial charge in [0.1, 0.15) is 0 Å². The van der Waals surface area contributed by atoms with Crippen LogP contribution in [0.25, 0.3) is 0 Å². The third-order valence-corrected chi connectivity index (χ3v) is 1.71. The molecule has 0 amide bonds. The molecule has 0 saturated heterocycles. The first-order chi connectivity index (χ1) is 5.91. The number of allylic oxidation sites excluding steroid dienone is 2. The highest BCUT2D eigenvalue weighted by Gasteiger charge is 1.81. The number of hydrogen-bond acceptors (Lipinski definition) is 1. The molecule has 70 valence electrons. The Bertz CT molecular complexity index is 125. The summed E-state index contributed by atoms with van der Waals surface area (Å²) in [6.07, 6.45) is 12.4. The molecule has 0 fully saturated rings. The van der Waals surface area contributed by atoms with Gasteiger partial charge >= 0.3 is 0 Å². The second kappa shape index (κ2) is 10.4. The molecule has 0 aromatic rings. The van der Waals surface area contributed by atoms with Crippen molar-refractivity contribution in [1.29, 1.82) is 0 Å². The van der Waals surface area contributed by atoms with Crippen molar-refractivity contribution in [1.82, 2.24) is 0 Å². The van der Waals surface area contributed by atoms with Gasteiger partial charge in [-0.05, 0) is 38.8 Å². The molecule has 0 atom stereocenters. The summed E-state index contributed by atoms with van der Waals surface area (Å²) in [7, 11) is 0. The van der Waals surface area contributed by atoms with Crippen LogP contribution in [0, 0.1) is 0 Å². The molecule has 0 radical (unpaired) electrons. The second-order valence-electron chi connectivity index (χ2n) is 2.94. The van der Waals surface area contributed by atoms with Crippen molar-refractivity contribution in [2.45, 2.75) is 46.0 Å². The minimum Gasteiger partial charge on any atom is -0.298 e. The minimum atomic E-state index is 1.01. The topological polar surface area (TPSA) is 12.4 Å². The van der Waals surface area contributed by atoms with Crippen LogP contribution in [0.2, 0.25) is 0 Å². The third-order valence-electron chi connectivity index (χ3n) is 1.71. The Balaban J connectivity index is 3.02. The highest BCUT2D eigenvalue weighted by Crippen LogP contribution is 1.94. The number of nitrogens with zero attached hydrogens (tertiary/aromatic N) is 1. The molecule has 0 aromatic carbocycles. The van der Waals surface area contributed by atoms with Crippen LogP contribution >= 0.6 is 0 Å². The van der Waals surface area contributed by atoms with Gasteiger partial charge in [0.15, 0.2) is 0 Å². The van der Waals surface area contributed by atoms with Crippen LogP contribution in [-0.2, 0) is 0 Å². The first kappa shape index (κ1) is 11.4. The van der Waals surface area contributed by atoms with Crippen molar-refractivity contribution in [3.63, 3.8) is 0 Å². The zero-order valence-electron chi connectivity index (χ0n) is 8.42. The van der Waals surface area contributed by atoms with E-state index in [1.165, 1.54) is 25.7 Å². The van der Waals surface area contributed by atoms with E-state index in [1.54, 1.807) is 0 Å². The normalized spacial score (nSPS) is 11.8. The fourth-order valence-corrected chi connectivity index (χ4v) is 0.926. The lowest BCUT2D eigenvalue weighted by molar-refractivity contribution is 0.804. The first-order valence-electron chi connectivity index (χ1n) is 5.01. The zero-order valence-corrected chi connectivity index (χ0v) is 8.42. The first-order valence-corrected chi connectivity index (χ1v) is 5.01. The number of unbranched alkanes of at least 4 members (excludes halogenated alkanes) is 3. The Labute approximate surface area is 76.6 Å². The van der Waals surface area contributed by atoms with Crippen molar-refractivity contribution in [2.75, 3.05) is 6.54 Å². The van der Waals surface area contributed by atoms with E-state index in [2.05, 4.69) is 37.2 Å². The molecule has 0 heterocycles. The van der Waals surface area contributed by atoms with Gasteiger partial charge in [-0.2, -0.15) is 0 Å². The van der Waals surface area contributed by atoms with Crippen LogP contribution in [0.5, 0.6) is 0 Å². The molecular weight excluding hydrogens is 146 g/mol. The summed E-state index contributed by atoms with van der Waals surface area (Å²) in [6.45, 7) is 5.27. The van der Waals surface area contributed by atoms with E-state index in [0.717, 1.165) is 13.0 Å². The van der Waals surface area contributed by atoms with Gasteiger partial charge in [-0.25, -0.2) is 0 Å². The van der Waals surface area contributed by atoms with Crippen molar-refractivity contribution in [3.05, 3.63) is 12.2 Å². The fourth-order valence-electron chi connectivity index (χ4n) is 0.926. The molecule has 0 unspecified atom stereocenters. The standard InChI is InChI=1S/C11H21N/c1-3-5-7-8-9-11-12-10-6-4-2/h3,5,11H,4,6-10H2,1-2H3. The number of aliphatic imine (C=N–C) groups is 1. The minimum absolute atomic E-state index is 1.01. The SMILES string of the molecule is CC=CCCCC=NCCCC. The molecule has 0 aliphatic carbocycles. The molecule has 0 aliphatic heterocycles. The van der Waals surface area contributed by atoms with E-state index in [0.29, 0.717) is 0 Å². The van der Waals surface area contributed by atoms with Gasteiger partial charge in [-0.1, -0.05) is 25.5 Å². The molecule has 0 rings (SSSR count). The van der Waals surface area contributed by atoms with E-state index in [4.69, 9.17) is 0 Å². The average Bonchev–Trinajstić information content (AvgIpc) is 2.10. The molecule has 0 saturated carbocycles. The van der Waals surface area contributed by atoms with Gasteiger partial charge < -0.3 is 0 Å². The monoisotopic (exact) mass is 167 g/mol. The maximum absolute atomic E-state index is 4.31. The molecule has 12 heavy (non-hydrogen) atoms. The van der Waals surface area contributed by atoms with Crippen LogP contribution in [0.15, 0.2) is 17.1 Å². The molecule has 0 aromatic heterocycles. The summed E-state index contributed by atoms with van der Waals surface area (Å²) < 4.78 is 0. The Morgan fingerprint density at radius 3 is 2.67 bits per heavy atom. The van der Waals surface area contributed by atoms with E-state index in [9.17, 15) is 0 Å². The van der Waals surface area contributed by atoms with Crippen LogP contribution in [0.1, 0.15) is 46.0 Å². The highest BCUT2D eigenvalue weighted by atomic mass is 14.7. The lowest BCUT2D eigenvalue weighted by Gasteiger charge is -1.90. The molecule has 0 N–H and O–H groups in total. The van der Waals surface area contributed by atoms with Gasteiger partial charge in [0.25, 0.3) is 0 Å². The Kier molecular flexibility index (Phi) is 9.90. The second-order valence-corrected chi connectivity index (χ2v) is 2.94. The Hall–Kier alpha value is -0.590. The smallest absolute Gasteiger partial charge is 0.0385 e. The van der Waals surface area contributed by atoms with Gasteiger partial charge in [-0.15, -0.1) is 0 Å². The number of hydrogen-bond donors (Lipinski definition) is 0. The van der Waals surface area contributed by atoms with Gasteiger partial charge in [-0.3, -0.25) is 4.99 Å². The maximum Gasteiger partial charge on any atom is 0.0385 e. The van der Waals surface area contributed by atoms with E-state index < -0.39 is 0 Å². The largest absolute Gasteiger partial charge is 0.298 e. The third kappa shape index (κ3) is 9.41. The highest BCUT2D eigenvalue weighted by molar-refractivity contribution is 5.56. The molecule has 1 nitrogen and oxygen atoms in total. The lowest BCUT2D eigenvalue weighted by Crippen LogP contribution is -1.81. The van der Waals surface area contributed by atoms with Crippen LogP contribution in [-0.4, -0.2) is 12.8 Å². The quantitative estimate of drug-likeness (QED) is 0.312. The van der Waals surface area contributed by atoms with Crippen molar-refractivity contribution in [2.24, 2.45) is 4.99 Å². The predicted molar refractivity (Wildman–Crippen MR) is 56.9 cm³/mol. The maximum atomic E-state index is 4.31. The molecule has 1 heteroatoms. The van der Waals surface area contributed by atoms with Crippen molar-refractivity contribution in [3.8, 4) is 0 Å². The zero-order chi connectivity index (χ0) is 9.07. The van der Waals surface area contributed by atoms with E-state index in [-0.39, 0.29) is 0 Å². The van der Waals surface area contributed by atoms with Crippen LogP contribution in [0.4, 0.5) is 0 Å². The molecule has 0 bridgehead atoms. The summed E-state index contributed by atoms with van der Waals surface area (Å²) in [4.78, 5) is 4.31. The molecule has 0 aliphatic rings. The lowest BCUT2D eigenvalue weighted by atomic mass is 10.2. The van der Waals surface area contributed by atoms with Crippen molar-refractivity contribution >= 4 is 6.21 Å². The van der Waals surface area contributed by atoms with Crippen LogP contribution in [0.3, 0.4) is 0 Å². The summed E-state index contributed by atoms with van der Waals surface area (Å²) in [5.41, 5.74) is 0. The van der Waals surface area contributed by atoms with E-state index in [1.807, 2.05) is 0 Å². The fraction of sp³-hybridized carbons (Fsp3) is 0.727. The summed E-state index contributed by atoms with van der Waals surface area (Å²) in [5.74, 6) is 0. The van der Waals surface area contributed by atoms with Crippen molar-refractivity contribution < 1.29 is 0 Å². The molecular formula is C11H21N. The van der Waals surface area contributed by atoms with Crippen LogP contribution < -0.4 is 0 Å². The Morgan fingerprint density at radius 2 is 2.00 bits per heavy atom. The van der Waals surface area contributed by atoms with Gasteiger partial charge in [0.05, 0.1) is 0 Å². The summed E-state index contributed by atoms with van der Waals surface area (Å²) in [5, 5.41) is 0. The van der Waals surface area contributed by atoms with Gasteiger partial charge in [0, 0.05) is 6.54 Å². The Morgan fingerprint density at radius 1 is 1.17 bits per heavy atom. The predicted octanol–water partition coefficient (Wildman–Crippen LogP) is 3.60. The summed E-state index contributed by atoms with van der Waals surface area (Å²) in [6, 6.07) is 0. The summed E-state index contributed by atoms with van der Waals surface area (Å²) >= 11 is 0. The molecule has 0 spiro atoms.